The Morgan fingerprint density at radius 1 is 1.00 bits per heavy atom. The quantitative estimate of drug-likeness (QED) is 0.235. The van der Waals surface area contributed by atoms with Crippen LogP contribution >= 0.6 is 11.3 Å². The molecule has 0 bridgehead atoms. The maximum Gasteiger partial charge on any atom is 0.338 e. The van der Waals surface area contributed by atoms with Gasteiger partial charge in [0.1, 0.15) is 6.61 Å². The van der Waals surface area contributed by atoms with Gasteiger partial charge in [0.05, 0.1) is 48.8 Å². The van der Waals surface area contributed by atoms with Crippen LogP contribution in [-0.4, -0.2) is 44.1 Å². The number of benzene rings is 2. The van der Waals surface area contributed by atoms with Crippen molar-refractivity contribution >= 4 is 23.4 Å². The van der Waals surface area contributed by atoms with Gasteiger partial charge in [-0.2, -0.15) is 0 Å². The summed E-state index contributed by atoms with van der Waals surface area (Å²) in [7, 11) is 1.56. The number of rotatable bonds is 12. The van der Waals surface area contributed by atoms with Crippen molar-refractivity contribution in [1.82, 2.24) is 4.57 Å². The van der Waals surface area contributed by atoms with Gasteiger partial charge < -0.3 is 23.7 Å². The first kappa shape index (κ1) is 29.7. The molecule has 0 N–H and O–H groups in total. The van der Waals surface area contributed by atoms with E-state index in [1.165, 1.54) is 11.3 Å². The molecule has 0 saturated heterocycles. The van der Waals surface area contributed by atoms with E-state index < -0.39 is 12.0 Å². The zero-order valence-corrected chi connectivity index (χ0v) is 24.7. The lowest BCUT2D eigenvalue weighted by Gasteiger charge is -2.25. The summed E-state index contributed by atoms with van der Waals surface area (Å²) in [5.74, 6) is 1.68. The van der Waals surface area contributed by atoms with Gasteiger partial charge in [0, 0.05) is 0 Å². The van der Waals surface area contributed by atoms with Crippen molar-refractivity contribution in [2.24, 2.45) is 4.99 Å². The molecule has 10 heteroatoms. The standard InChI is InChI=1S/C31H34N2O7S/c1-7-15-40-22-13-11-20(16-24(22)36-6)17-26-29(34)33-28(21-12-14-23(37-8-2)25(18-21)38-9-3)27(30(35)39-10-4)19(5)32-31(33)41-26/h7,11-14,16-18,28H,1,8-10,15H2,2-6H3/b26-17-/t28-/m0/s1. The Bertz CT molecular complexity index is 1650. The molecule has 1 atom stereocenters. The number of hydrogen-bond donors (Lipinski definition) is 0. The number of ether oxygens (including phenoxy) is 5. The van der Waals surface area contributed by atoms with Crippen molar-refractivity contribution in [1.29, 1.82) is 0 Å². The van der Waals surface area contributed by atoms with Gasteiger partial charge in [-0.1, -0.05) is 36.1 Å². The predicted molar refractivity (Wildman–Crippen MR) is 158 cm³/mol. The minimum Gasteiger partial charge on any atom is -0.493 e. The molecular formula is C31H34N2O7S. The van der Waals surface area contributed by atoms with Crippen LogP contribution in [0.25, 0.3) is 6.08 Å². The number of aromatic nitrogens is 1. The minimum atomic E-state index is -0.772. The first-order valence-corrected chi connectivity index (χ1v) is 14.2. The van der Waals surface area contributed by atoms with Gasteiger partial charge in [-0.15, -0.1) is 0 Å². The number of carbonyl (C=O) groups is 1. The van der Waals surface area contributed by atoms with Crippen LogP contribution in [0, 0.1) is 0 Å². The average Bonchev–Trinajstić information content (AvgIpc) is 3.26. The molecule has 0 unspecified atom stereocenters. The fraction of sp³-hybridized carbons (Fsp3) is 0.323. The Morgan fingerprint density at radius 2 is 1.71 bits per heavy atom. The Labute approximate surface area is 242 Å². The van der Waals surface area contributed by atoms with Gasteiger partial charge in [-0.05, 0) is 69.2 Å². The summed E-state index contributed by atoms with van der Waals surface area (Å²) < 4.78 is 30.1. The van der Waals surface area contributed by atoms with E-state index >= 15 is 0 Å². The second-order valence-corrected chi connectivity index (χ2v) is 9.89. The molecule has 0 aliphatic carbocycles. The van der Waals surface area contributed by atoms with Gasteiger partial charge in [-0.25, -0.2) is 9.79 Å². The van der Waals surface area contributed by atoms with Crippen LogP contribution in [0.5, 0.6) is 23.0 Å². The third-order valence-corrected chi connectivity index (χ3v) is 7.23. The lowest BCUT2D eigenvalue weighted by Crippen LogP contribution is -2.40. The highest BCUT2D eigenvalue weighted by atomic mass is 32.1. The van der Waals surface area contributed by atoms with Gasteiger partial charge in [0.25, 0.3) is 5.56 Å². The molecule has 0 spiro atoms. The van der Waals surface area contributed by atoms with Crippen LogP contribution < -0.4 is 33.8 Å². The fourth-order valence-electron chi connectivity index (χ4n) is 4.54. The van der Waals surface area contributed by atoms with Crippen molar-refractivity contribution in [3.8, 4) is 23.0 Å². The molecule has 1 aliphatic rings. The van der Waals surface area contributed by atoms with E-state index in [1.807, 2.05) is 26.0 Å². The van der Waals surface area contributed by atoms with E-state index in [1.54, 1.807) is 61.9 Å². The molecule has 4 rings (SSSR count). The molecule has 2 aromatic carbocycles. The molecule has 1 aliphatic heterocycles. The van der Waals surface area contributed by atoms with E-state index in [4.69, 9.17) is 23.7 Å². The minimum absolute atomic E-state index is 0.189. The fourth-order valence-corrected chi connectivity index (χ4v) is 5.58. The highest BCUT2D eigenvalue weighted by molar-refractivity contribution is 7.07. The van der Waals surface area contributed by atoms with Gasteiger partial charge >= 0.3 is 5.97 Å². The van der Waals surface area contributed by atoms with Crippen molar-refractivity contribution in [2.45, 2.75) is 33.7 Å². The van der Waals surface area contributed by atoms with E-state index in [9.17, 15) is 9.59 Å². The van der Waals surface area contributed by atoms with E-state index in [0.29, 0.717) is 69.0 Å². The highest BCUT2D eigenvalue weighted by Crippen LogP contribution is 2.36. The van der Waals surface area contributed by atoms with Gasteiger partial charge in [0.15, 0.2) is 27.8 Å². The molecule has 41 heavy (non-hydrogen) atoms. The van der Waals surface area contributed by atoms with Crippen LogP contribution in [0.1, 0.15) is 44.9 Å². The van der Waals surface area contributed by atoms with Crippen LogP contribution in [0.2, 0.25) is 0 Å². The molecule has 0 radical (unpaired) electrons. The maximum atomic E-state index is 14.0. The average molecular weight is 579 g/mol. The molecule has 2 heterocycles. The van der Waals surface area contributed by atoms with E-state index in [0.717, 1.165) is 5.56 Å². The smallest absolute Gasteiger partial charge is 0.338 e. The lowest BCUT2D eigenvalue weighted by molar-refractivity contribution is -0.139. The van der Waals surface area contributed by atoms with Crippen molar-refractivity contribution in [3.63, 3.8) is 0 Å². The summed E-state index contributed by atoms with van der Waals surface area (Å²) in [5, 5.41) is 0. The summed E-state index contributed by atoms with van der Waals surface area (Å²) in [6.07, 6.45) is 3.42. The van der Waals surface area contributed by atoms with Crippen LogP contribution in [0.3, 0.4) is 0 Å². The van der Waals surface area contributed by atoms with Crippen LogP contribution in [0.15, 0.2) is 70.1 Å². The first-order chi connectivity index (χ1) is 19.9. The Balaban J connectivity index is 1.90. The molecule has 0 saturated carbocycles. The molecule has 1 aromatic heterocycles. The van der Waals surface area contributed by atoms with Crippen LogP contribution in [-0.2, 0) is 9.53 Å². The van der Waals surface area contributed by atoms with E-state index in [-0.39, 0.29) is 12.2 Å². The molecule has 3 aromatic rings. The largest absolute Gasteiger partial charge is 0.493 e. The molecule has 9 nitrogen and oxygen atoms in total. The first-order valence-electron chi connectivity index (χ1n) is 13.4. The predicted octanol–water partition coefficient (Wildman–Crippen LogP) is 4.17. The second kappa shape index (κ2) is 13.4. The van der Waals surface area contributed by atoms with E-state index in [2.05, 4.69) is 11.6 Å². The summed E-state index contributed by atoms with van der Waals surface area (Å²) >= 11 is 1.24. The number of methoxy groups -OCH3 is 1. The maximum absolute atomic E-state index is 14.0. The normalized spacial score (nSPS) is 14.7. The molecule has 216 valence electrons. The Morgan fingerprint density at radius 3 is 2.39 bits per heavy atom. The summed E-state index contributed by atoms with van der Waals surface area (Å²) in [5.41, 5.74) is 1.91. The van der Waals surface area contributed by atoms with Crippen LogP contribution in [0.4, 0.5) is 0 Å². The monoisotopic (exact) mass is 578 g/mol. The van der Waals surface area contributed by atoms with Gasteiger partial charge in [-0.3, -0.25) is 9.36 Å². The third kappa shape index (κ3) is 6.22. The highest BCUT2D eigenvalue weighted by Gasteiger charge is 2.34. The second-order valence-electron chi connectivity index (χ2n) is 8.88. The summed E-state index contributed by atoms with van der Waals surface area (Å²) in [4.78, 5) is 32.3. The van der Waals surface area contributed by atoms with Crippen molar-refractivity contribution in [3.05, 3.63) is 91.1 Å². The third-order valence-electron chi connectivity index (χ3n) is 6.24. The summed E-state index contributed by atoms with van der Waals surface area (Å²) in [6, 6.07) is 10.1. The number of hydrogen-bond acceptors (Lipinski definition) is 9. The van der Waals surface area contributed by atoms with Crippen molar-refractivity contribution in [2.75, 3.05) is 33.5 Å². The number of allylic oxidation sites excluding steroid dienone is 1. The zero-order valence-electron chi connectivity index (χ0n) is 23.9. The van der Waals surface area contributed by atoms with Crippen molar-refractivity contribution < 1.29 is 28.5 Å². The Kier molecular flexibility index (Phi) is 9.67. The molecule has 0 amide bonds. The number of esters is 1. The number of nitrogens with zero attached hydrogens (tertiary/aromatic N) is 2. The molecular weight excluding hydrogens is 544 g/mol. The summed E-state index contributed by atoms with van der Waals surface area (Å²) in [6.45, 7) is 12.4. The Hall–Kier alpha value is -4.31. The lowest BCUT2D eigenvalue weighted by atomic mass is 9.95. The SMILES string of the molecule is C=CCOc1ccc(/C=c2\sc3n(c2=O)[C@@H](c2ccc(OCC)c(OCC)c2)C(C(=O)OCC)=C(C)N=3)cc1OC. The van der Waals surface area contributed by atoms with Gasteiger partial charge in [0.2, 0.25) is 0 Å². The number of fused-ring (bicyclic) bond motifs is 1. The molecule has 0 fully saturated rings. The topological polar surface area (TPSA) is 97.6 Å². The number of thiazole rings is 1. The number of carbonyl (C=O) groups excluding carboxylic acids is 1. The zero-order chi connectivity index (χ0) is 29.5.